The maximum Gasteiger partial charge on any atom is 0.407 e. The number of likely N-dealkylation sites (tertiary alicyclic amines) is 1. The van der Waals surface area contributed by atoms with Crippen LogP contribution in [0.25, 0.3) is 0 Å². The van der Waals surface area contributed by atoms with E-state index in [9.17, 15) is 9.59 Å². The fraction of sp³-hybridized carbons (Fsp3) is 0.692. The summed E-state index contributed by atoms with van der Waals surface area (Å²) in [5.74, 6) is 0. The van der Waals surface area contributed by atoms with Gasteiger partial charge in [0.25, 0.3) is 0 Å². The van der Waals surface area contributed by atoms with E-state index in [0.717, 1.165) is 5.57 Å². The predicted molar refractivity (Wildman–Crippen MR) is 71.1 cm³/mol. The van der Waals surface area contributed by atoms with Gasteiger partial charge < -0.3 is 20.1 Å². The van der Waals surface area contributed by atoms with Gasteiger partial charge in [-0.3, -0.25) is 0 Å². The smallest absolute Gasteiger partial charge is 0.407 e. The van der Waals surface area contributed by atoms with E-state index in [1.54, 1.807) is 20.8 Å². The van der Waals surface area contributed by atoms with Gasteiger partial charge in [-0.1, -0.05) is 11.6 Å². The number of carbonyl (C=O) groups is 2. The minimum absolute atomic E-state index is 0.245. The number of hydrogen-bond acceptors (Lipinski definition) is 3. The highest BCUT2D eigenvalue weighted by Gasteiger charge is 2.28. The second-order valence-corrected chi connectivity index (χ2v) is 5.66. The van der Waals surface area contributed by atoms with Crippen LogP contribution in [-0.4, -0.2) is 46.9 Å². The van der Waals surface area contributed by atoms with Crippen LogP contribution in [0, 0.1) is 0 Å². The second-order valence-electron chi connectivity index (χ2n) is 5.66. The lowest BCUT2D eigenvalue weighted by molar-refractivity contribution is 0.0481. The summed E-state index contributed by atoms with van der Waals surface area (Å²) in [5.41, 5.74) is 0.434. The molecule has 1 heterocycles. The van der Waals surface area contributed by atoms with Gasteiger partial charge in [-0.2, -0.15) is 0 Å². The summed E-state index contributed by atoms with van der Waals surface area (Å²) in [6.07, 6.45) is 1.05. The number of carboxylic acid groups (broad SMARTS) is 1. The van der Waals surface area contributed by atoms with E-state index in [4.69, 9.17) is 9.84 Å². The molecule has 1 atom stereocenters. The molecule has 108 valence electrons. The number of nitrogens with one attached hydrogen (secondary N) is 1. The number of ether oxygens (including phenoxy) is 1. The summed E-state index contributed by atoms with van der Waals surface area (Å²) < 4.78 is 5.17. The Labute approximate surface area is 113 Å². The van der Waals surface area contributed by atoms with Gasteiger partial charge in [0.15, 0.2) is 0 Å². The predicted octanol–water partition coefficient (Wildman–Crippen LogP) is 2.21. The molecular formula is C13H22N2O4. The summed E-state index contributed by atoms with van der Waals surface area (Å²) in [6, 6.07) is -0.245. The maximum absolute atomic E-state index is 11.7. The van der Waals surface area contributed by atoms with Crippen molar-refractivity contribution in [1.29, 1.82) is 0 Å². The van der Waals surface area contributed by atoms with Crippen molar-refractivity contribution in [2.45, 2.75) is 45.8 Å². The molecule has 0 spiro atoms. The Kier molecular flexibility index (Phi) is 4.80. The molecule has 1 saturated heterocycles. The Bertz CT molecular complexity index is 385. The zero-order valence-electron chi connectivity index (χ0n) is 11.9. The van der Waals surface area contributed by atoms with E-state index >= 15 is 0 Å². The Hall–Kier alpha value is -1.72. The number of nitrogens with zero attached hydrogens (tertiary/aromatic N) is 1. The summed E-state index contributed by atoms with van der Waals surface area (Å²) in [7, 11) is 0. The third-order valence-electron chi connectivity index (χ3n) is 2.74. The van der Waals surface area contributed by atoms with Crippen molar-refractivity contribution in [1.82, 2.24) is 10.2 Å². The minimum Gasteiger partial charge on any atom is -0.465 e. The van der Waals surface area contributed by atoms with Crippen LogP contribution in [0.2, 0.25) is 0 Å². The highest BCUT2D eigenvalue weighted by Crippen LogP contribution is 2.17. The lowest BCUT2D eigenvalue weighted by atomic mass is 10.0. The van der Waals surface area contributed by atoms with E-state index in [1.165, 1.54) is 4.90 Å². The van der Waals surface area contributed by atoms with Crippen molar-refractivity contribution in [3.63, 3.8) is 0 Å². The van der Waals surface area contributed by atoms with Crippen molar-refractivity contribution >= 4 is 12.2 Å². The number of carbonyl (C=O) groups excluding carboxylic acids is 1. The molecule has 6 heteroatoms. The van der Waals surface area contributed by atoms with Crippen molar-refractivity contribution < 1.29 is 19.4 Å². The average Bonchev–Trinajstić information content (AvgIpc) is 2.25. The summed E-state index contributed by atoms with van der Waals surface area (Å²) in [4.78, 5) is 24.0. The summed E-state index contributed by atoms with van der Waals surface area (Å²) in [5, 5.41) is 11.8. The van der Waals surface area contributed by atoms with E-state index in [1.807, 2.05) is 13.0 Å². The lowest BCUT2D eigenvalue weighted by Crippen LogP contribution is -2.51. The van der Waals surface area contributed by atoms with Crippen LogP contribution in [-0.2, 0) is 4.74 Å². The van der Waals surface area contributed by atoms with Gasteiger partial charge in [0.1, 0.15) is 5.60 Å². The topological polar surface area (TPSA) is 78.9 Å². The molecule has 19 heavy (non-hydrogen) atoms. The molecular weight excluding hydrogens is 248 g/mol. The fourth-order valence-corrected chi connectivity index (χ4v) is 1.95. The molecule has 1 rings (SSSR count). The Balaban J connectivity index is 2.62. The van der Waals surface area contributed by atoms with E-state index in [2.05, 4.69) is 5.32 Å². The molecule has 0 aromatic rings. The molecule has 0 bridgehead atoms. The van der Waals surface area contributed by atoms with Crippen molar-refractivity contribution in [2.24, 2.45) is 0 Å². The Morgan fingerprint density at radius 1 is 1.47 bits per heavy atom. The lowest BCUT2D eigenvalue weighted by Gasteiger charge is -2.33. The fourth-order valence-electron chi connectivity index (χ4n) is 1.95. The molecule has 1 aliphatic rings. The van der Waals surface area contributed by atoms with Gasteiger partial charge in [-0.05, 0) is 34.1 Å². The monoisotopic (exact) mass is 270 g/mol. The average molecular weight is 270 g/mol. The van der Waals surface area contributed by atoms with E-state index < -0.39 is 17.8 Å². The number of amides is 2. The molecule has 1 fully saturated rings. The highest BCUT2D eigenvalue weighted by molar-refractivity contribution is 5.69. The molecule has 1 aliphatic heterocycles. The van der Waals surface area contributed by atoms with Gasteiger partial charge >= 0.3 is 12.2 Å². The minimum atomic E-state index is -0.977. The number of hydrogen-bond donors (Lipinski definition) is 2. The third kappa shape index (κ3) is 5.19. The first-order chi connectivity index (χ1) is 8.71. The maximum atomic E-state index is 11.7. The molecule has 1 unspecified atom stereocenters. The standard InChI is InChI=1S/C13H22N2O4/c1-5-9-6-10(8-15(7-9)12(17)18)14-11(16)19-13(2,3)4/h5,10H,6-8H2,1-4H3,(H,14,16)(H,17,18)/b9-5+. The largest absolute Gasteiger partial charge is 0.465 e. The Morgan fingerprint density at radius 3 is 2.58 bits per heavy atom. The SMILES string of the molecule is C/C=C1\CC(NC(=O)OC(C)(C)C)CN(C(=O)O)C1. The van der Waals surface area contributed by atoms with Gasteiger partial charge in [0.05, 0.1) is 6.04 Å². The molecule has 0 radical (unpaired) electrons. The molecule has 0 saturated carbocycles. The van der Waals surface area contributed by atoms with Crippen LogP contribution < -0.4 is 5.32 Å². The van der Waals surface area contributed by atoms with Crippen molar-refractivity contribution in [3.05, 3.63) is 11.6 Å². The van der Waals surface area contributed by atoms with Gasteiger partial charge in [-0.25, -0.2) is 9.59 Å². The molecule has 2 amide bonds. The van der Waals surface area contributed by atoms with Crippen LogP contribution in [0.5, 0.6) is 0 Å². The zero-order valence-corrected chi connectivity index (χ0v) is 11.9. The van der Waals surface area contributed by atoms with Gasteiger partial charge in [-0.15, -0.1) is 0 Å². The third-order valence-corrected chi connectivity index (χ3v) is 2.74. The molecule has 0 aliphatic carbocycles. The van der Waals surface area contributed by atoms with Crippen LogP contribution in [0.4, 0.5) is 9.59 Å². The van der Waals surface area contributed by atoms with Gasteiger partial charge in [0, 0.05) is 13.1 Å². The molecule has 6 nitrogen and oxygen atoms in total. The second kappa shape index (κ2) is 5.95. The van der Waals surface area contributed by atoms with Gasteiger partial charge in [0.2, 0.25) is 0 Å². The summed E-state index contributed by atoms with van der Waals surface area (Å²) >= 11 is 0. The quantitative estimate of drug-likeness (QED) is 0.716. The molecule has 0 aromatic carbocycles. The normalized spacial score (nSPS) is 22.2. The summed E-state index contributed by atoms with van der Waals surface area (Å²) in [6.45, 7) is 7.91. The number of rotatable bonds is 1. The number of piperidine rings is 1. The first-order valence-electron chi connectivity index (χ1n) is 6.32. The molecule has 2 N–H and O–H groups in total. The highest BCUT2D eigenvalue weighted by atomic mass is 16.6. The van der Waals surface area contributed by atoms with Crippen LogP contribution in [0.1, 0.15) is 34.1 Å². The number of alkyl carbamates (subject to hydrolysis) is 1. The van der Waals surface area contributed by atoms with E-state index in [0.29, 0.717) is 13.0 Å². The van der Waals surface area contributed by atoms with Crippen LogP contribution in [0.15, 0.2) is 11.6 Å². The first kappa shape index (κ1) is 15.3. The zero-order chi connectivity index (χ0) is 14.6. The Morgan fingerprint density at radius 2 is 2.11 bits per heavy atom. The van der Waals surface area contributed by atoms with Crippen LogP contribution in [0.3, 0.4) is 0 Å². The van der Waals surface area contributed by atoms with Crippen LogP contribution >= 0.6 is 0 Å². The van der Waals surface area contributed by atoms with Crippen molar-refractivity contribution in [3.8, 4) is 0 Å². The van der Waals surface area contributed by atoms with Crippen molar-refractivity contribution in [2.75, 3.05) is 13.1 Å². The first-order valence-corrected chi connectivity index (χ1v) is 6.32. The number of allylic oxidation sites excluding steroid dienone is 1. The van der Waals surface area contributed by atoms with E-state index in [-0.39, 0.29) is 12.6 Å². The molecule has 0 aromatic heterocycles.